The lowest BCUT2D eigenvalue weighted by Crippen LogP contribution is -2.17. The summed E-state index contributed by atoms with van der Waals surface area (Å²) in [5.74, 6) is 2.50. The fourth-order valence-electron chi connectivity index (χ4n) is 2.82. The van der Waals surface area contributed by atoms with E-state index in [1.807, 2.05) is 6.92 Å². The van der Waals surface area contributed by atoms with Crippen LogP contribution < -0.4 is 10.6 Å². The summed E-state index contributed by atoms with van der Waals surface area (Å²) in [5, 5.41) is 17.4. The van der Waals surface area contributed by atoms with Gasteiger partial charge in [-0.3, -0.25) is 10.1 Å². The molecule has 2 unspecified atom stereocenters. The Kier molecular flexibility index (Phi) is 5.36. The summed E-state index contributed by atoms with van der Waals surface area (Å²) < 4.78 is 0. The van der Waals surface area contributed by atoms with E-state index >= 15 is 0 Å². The molecular weight excluding hydrogens is 268 g/mol. The summed E-state index contributed by atoms with van der Waals surface area (Å²) in [6.07, 6.45) is 4.73. The Balaban J connectivity index is 2.05. The summed E-state index contributed by atoms with van der Waals surface area (Å²) in [6, 6.07) is 3.00. The molecule has 2 N–H and O–H groups in total. The van der Waals surface area contributed by atoms with Crippen molar-refractivity contribution in [1.82, 2.24) is 4.98 Å². The van der Waals surface area contributed by atoms with E-state index in [0.29, 0.717) is 23.5 Å². The highest BCUT2D eigenvalue weighted by Crippen LogP contribution is 2.31. The van der Waals surface area contributed by atoms with Gasteiger partial charge in [0.15, 0.2) is 0 Å². The number of rotatable bonds is 7. The average molecular weight is 292 g/mol. The average Bonchev–Trinajstić information content (AvgIpc) is 2.88. The molecule has 0 aliphatic heterocycles. The van der Waals surface area contributed by atoms with Gasteiger partial charge in [0.25, 0.3) is 5.69 Å². The molecule has 0 bridgehead atoms. The van der Waals surface area contributed by atoms with Gasteiger partial charge in [-0.2, -0.15) is 0 Å². The molecule has 2 atom stereocenters. The minimum atomic E-state index is -0.373. The molecular formula is C15H24N4O2. The number of anilines is 2. The molecule has 116 valence electrons. The molecule has 1 aromatic heterocycles. The van der Waals surface area contributed by atoms with Crippen LogP contribution in [0.25, 0.3) is 0 Å². The van der Waals surface area contributed by atoms with E-state index in [9.17, 15) is 10.1 Å². The maximum absolute atomic E-state index is 11.0. The zero-order chi connectivity index (χ0) is 15.2. The first-order chi connectivity index (χ1) is 10.1. The van der Waals surface area contributed by atoms with Crippen molar-refractivity contribution in [2.75, 3.05) is 23.7 Å². The van der Waals surface area contributed by atoms with Crippen LogP contribution in [-0.2, 0) is 0 Å². The Morgan fingerprint density at radius 2 is 2.05 bits per heavy atom. The smallest absolute Gasteiger partial charge is 0.276 e. The molecule has 21 heavy (non-hydrogen) atoms. The van der Waals surface area contributed by atoms with Gasteiger partial charge in [0, 0.05) is 13.1 Å². The molecule has 6 nitrogen and oxygen atoms in total. The molecule has 1 aromatic rings. The third-order valence-corrected chi connectivity index (χ3v) is 4.16. The van der Waals surface area contributed by atoms with E-state index in [1.54, 1.807) is 0 Å². The summed E-state index contributed by atoms with van der Waals surface area (Å²) in [5.41, 5.74) is 0.0746. The number of nitro groups is 1. The van der Waals surface area contributed by atoms with Gasteiger partial charge in [0.1, 0.15) is 11.6 Å². The summed E-state index contributed by atoms with van der Waals surface area (Å²) in [4.78, 5) is 15.1. The Morgan fingerprint density at radius 3 is 2.62 bits per heavy atom. The molecule has 1 aliphatic carbocycles. The lowest BCUT2D eigenvalue weighted by molar-refractivity contribution is -0.384. The van der Waals surface area contributed by atoms with Gasteiger partial charge in [-0.25, -0.2) is 4.98 Å². The molecule has 0 spiro atoms. The number of hydrogen-bond acceptors (Lipinski definition) is 5. The van der Waals surface area contributed by atoms with Gasteiger partial charge in [-0.05, 0) is 24.7 Å². The van der Waals surface area contributed by atoms with Crippen molar-refractivity contribution in [1.29, 1.82) is 0 Å². The Labute approximate surface area is 125 Å². The van der Waals surface area contributed by atoms with E-state index < -0.39 is 0 Å². The molecule has 1 heterocycles. The van der Waals surface area contributed by atoms with Gasteiger partial charge in [-0.15, -0.1) is 0 Å². The monoisotopic (exact) mass is 292 g/mol. The molecule has 0 amide bonds. The van der Waals surface area contributed by atoms with Crippen LogP contribution >= 0.6 is 0 Å². The third kappa shape index (κ3) is 4.31. The fourth-order valence-corrected chi connectivity index (χ4v) is 2.82. The molecule has 0 saturated heterocycles. The van der Waals surface area contributed by atoms with Crippen LogP contribution in [0, 0.1) is 22.0 Å². The van der Waals surface area contributed by atoms with Crippen LogP contribution in [0.1, 0.15) is 39.5 Å². The zero-order valence-corrected chi connectivity index (χ0v) is 12.8. The second-order valence-electron chi connectivity index (χ2n) is 5.83. The number of nitrogens with one attached hydrogen (secondary N) is 2. The Morgan fingerprint density at radius 1 is 1.33 bits per heavy atom. The van der Waals surface area contributed by atoms with Crippen LogP contribution in [-0.4, -0.2) is 23.0 Å². The maximum atomic E-state index is 11.0. The Bertz CT molecular complexity index is 493. The van der Waals surface area contributed by atoms with E-state index in [0.717, 1.165) is 19.5 Å². The Hall–Kier alpha value is -1.85. The lowest BCUT2D eigenvalue weighted by atomic mass is 9.98. The van der Waals surface area contributed by atoms with Gasteiger partial charge in [0.2, 0.25) is 0 Å². The molecule has 1 fully saturated rings. The van der Waals surface area contributed by atoms with Crippen LogP contribution in [0.15, 0.2) is 12.1 Å². The van der Waals surface area contributed by atoms with Crippen molar-refractivity contribution in [2.45, 2.75) is 39.5 Å². The highest BCUT2D eigenvalue weighted by molar-refractivity contribution is 5.54. The fraction of sp³-hybridized carbons (Fsp3) is 0.667. The van der Waals surface area contributed by atoms with E-state index in [1.165, 1.54) is 31.4 Å². The van der Waals surface area contributed by atoms with Gasteiger partial charge < -0.3 is 10.6 Å². The number of nitrogens with zero attached hydrogens (tertiary/aromatic N) is 2. The largest absolute Gasteiger partial charge is 0.370 e. The van der Waals surface area contributed by atoms with Crippen LogP contribution in [0.3, 0.4) is 0 Å². The van der Waals surface area contributed by atoms with E-state index in [4.69, 9.17) is 0 Å². The second kappa shape index (κ2) is 7.24. The highest BCUT2D eigenvalue weighted by Gasteiger charge is 2.23. The topological polar surface area (TPSA) is 80.1 Å². The first-order valence-corrected chi connectivity index (χ1v) is 7.74. The molecule has 0 radical (unpaired) electrons. The molecule has 6 heteroatoms. The molecule has 1 aliphatic rings. The van der Waals surface area contributed by atoms with Gasteiger partial charge in [0.05, 0.1) is 17.1 Å². The lowest BCUT2D eigenvalue weighted by Gasteiger charge is -2.16. The van der Waals surface area contributed by atoms with Crippen molar-refractivity contribution in [3.8, 4) is 0 Å². The standard InChI is InChI=1S/C15H24N4O2/c1-3-7-16-14-8-13(19(20)21)9-15(18-14)17-10-12-6-4-5-11(12)2/h8-9,11-12H,3-7,10H2,1-2H3,(H2,16,17,18). The number of hydrogen-bond donors (Lipinski definition) is 2. The predicted molar refractivity (Wildman–Crippen MR) is 84.7 cm³/mol. The van der Waals surface area contributed by atoms with Crippen molar-refractivity contribution in [2.24, 2.45) is 11.8 Å². The number of aromatic nitrogens is 1. The SMILES string of the molecule is CCCNc1cc([N+](=O)[O-])cc(NCC2CCCC2C)n1. The van der Waals surface area contributed by atoms with Crippen LogP contribution in [0.2, 0.25) is 0 Å². The van der Waals surface area contributed by atoms with Crippen molar-refractivity contribution in [3.05, 3.63) is 22.2 Å². The summed E-state index contributed by atoms with van der Waals surface area (Å²) >= 11 is 0. The quantitative estimate of drug-likeness (QED) is 0.592. The van der Waals surface area contributed by atoms with E-state index in [-0.39, 0.29) is 10.6 Å². The zero-order valence-electron chi connectivity index (χ0n) is 12.8. The minimum absolute atomic E-state index is 0.0746. The third-order valence-electron chi connectivity index (χ3n) is 4.16. The number of pyridine rings is 1. The summed E-state index contributed by atoms with van der Waals surface area (Å²) in [6.45, 7) is 5.91. The normalized spacial score (nSPS) is 21.2. The summed E-state index contributed by atoms with van der Waals surface area (Å²) in [7, 11) is 0. The van der Waals surface area contributed by atoms with Gasteiger partial charge in [-0.1, -0.05) is 26.7 Å². The second-order valence-corrected chi connectivity index (χ2v) is 5.83. The van der Waals surface area contributed by atoms with Crippen molar-refractivity contribution in [3.63, 3.8) is 0 Å². The predicted octanol–water partition coefficient (Wildman–Crippen LogP) is 3.66. The minimum Gasteiger partial charge on any atom is -0.370 e. The maximum Gasteiger partial charge on any atom is 0.276 e. The van der Waals surface area contributed by atoms with Crippen molar-refractivity contribution < 1.29 is 4.92 Å². The van der Waals surface area contributed by atoms with E-state index in [2.05, 4.69) is 22.5 Å². The van der Waals surface area contributed by atoms with Crippen LogP contribution in [0.5, 0.6) is 0 Å². The molecule has 0 aromatic carbocycles. The molecule has 2 rings (SSSR count). The first kappa shape index (κ1) is 15.5. The highest BCUT2D eigenvalue weighted by atomic mass is 16.6. The first-order valence-electron chi connectivity index (χ1n) is 7.74. The molecule has 1 saturated carbocycles. The van der Waals surface area contributed by atoms with Crippen molar-refractivity contribution >= 4 is 17.3 Å². The van der Waals surface area contributed by atoms with Crippen LogP contribution in [0.4, 0.5) is 17.3 Å². The van der Waals surface area contributed by atoms with Gasteiger partial charge >= 0.3 is 0 Å².